The Bertz CT molecular complexity index is 1340. The van der Waals surface area contributed by atoms with Crippen LogP contribution in [0.2, 0.25) is 10.0 Å². The van der Waals surface area contributed by atoms with Crippen LogP contribution in [-0.2, 0) is 14.8 Å². The highest BCUT2D eigenvalue weighted by Crippen LogP contribution is 2.42. The molecule has 0 fully saturated rings. The zero-order valence-electron chi connectivity index (χ0n) is 20.1. The number of fused-ring (bicyclic) bond motifs is 1. The number of rotatable bonds is 8. The number of halogens is 2. The van der Waals surface area contributed by atoms with Gasteiger partial charge in [-0.3, -0.25) is 9.10 Å². The maximum Gasteiger partial charge on any atom is 0.264 e. The maximum absolute atomic E-state index is 13.6. The van der Waals surface area contributed by atoms with Crippen LogP contribution in [0.15, 0.2) is 77.7 Å². The first-order valence-corrected chi connectivity index (χ1v) is 14.0. The van der Waals surface area contributed by atoms with Crippen molar-refractivity contribution in [3.05, 3.63) is 88.4 Å². The van der Waals surface area contributed by atoms with Crippen LogP contribution in [0.5, 0.6) is 5.75 Å². The number of nitrogens with zero attached hydrogens (tertiary/aromatic N) is 1. The molecule has 0 spiro atoms. The van der Waals surface area contributed by atoms with E-state index < -0.39 is 28.1 Å². The molecule has 1 heterocycles. The van der Waals surface area contributed by atoms with E-state index in [1.807, 2.05) is 24.3 Å². The summed E-state index contributed by atoms with van der Waals surface area (Å²) in [6.45, 7) is 3.70. The van der Waals surface area contributed by atoms with E-state index in [-0.39, 0.29) is 26.7 Å². The minimum Gasteiger partial charge on any atom is -0.487 e. The minimum absolute atomic E-state index is 0.0660. The maximum atomic E-state index is 13.6. The summed E-state index contributed by atoms with van der Waals surface area (Å²) >= 11 is 12.3. The molecule has 9 heteroatoms. The van der Waals surface area contributed by atoms with Gasteiger partial charge in [0.05, 0.1) is 26.7 Å². The fourth-order valence-corrected chi connectivity index (χ4v) is 6.20. The fraction of sp³-hybridized carbons (Fsp3) is 0.296. The number of nitrogens with one attached hydrogen (secondary N) is 1. The topological polar surface area (TPSA) is 75.7 Å². The lowest BCUT2D eigenvalue weighted by atomic mass is 9.83. The lowest BCUT2D eigenvalue weighted by Gasteiger charge is -2.41. The zero-order chi connectivity index (χ0) is 25.9. The van der Waals surface area contributed by atoms with Crippen molar-refractivity contribution in [2.75, 3.05) is 10.8 Å². The van der Waals surface area contributed by atoms with Crippen LogP contribution in [0.4, 0.5) is 5.69 Å². The summed E-state index contributed by atoms with van der Waals surface area (Å²) in [5.74, 6) is 0.291. The molecule has 0 saturated heterocycles. The summed E-state index contributed by atoms with van der Waals surface area (Å²) in [5.41, 5.74) is 0.703. The quantitative estimate of drug-likeness (QED) is 0.355. The van der Waals surface area contributed by atoms with Crippen molar-refractivity contribution in [3.63, 3.8) is 0 Å². The molecule has 36 heavy (non-hydrogen) atoms. The Balaban J connectivity index is 1.66. The van der Waals surface area contributed by atoms with Gasteiger partial charge in [-0.1, -0.05) is 73.4 Å². The summed E-state index contributed by atoms with van der Waals surface area (Å²) in [4.78, 5) is 13.5. The molecular weight excluding hydrogens is 519 g/mol. The Morgan fingerprint density at radius 3 is 2.33 bits per heavy atom. The normalized spacial score (nSPS) is 16.5. The molecule has 0 unspecified atom stereocenters. The summed E-state index contributed by atoms with van der Waals surface area (Å²) < 4.78 is 34.6. The van der Waals surface area contributed by atoms with Crippen molar-refractivity contribution < 1.29 is 17.9 Å². The molecule has 0 aromatic heterocycles. The molecule has 1 aliphatic heterocycles. The molecule has 3 aromatic rings. The number of hydrogen-bond acceptors (Lipinski definition) is 4. The van der Waals surface area contributed by atoms with Crippen LogP contribution >= 0.6 is 23.2 Å². The summed E-state index contributed by atoms with van der Waals surface area (Å²) in [5, 5.41) is 3.54. The Labute approximate surface area is 222 Å². The molecule has 1 aliphatic rings. The molecule has 0 saturated carbocycles. The number of benzene rings is 3. The van der Waals surface area contributed by atoms with Crippen LogP contribution in [0.25, 0.3) is 0 Å². The standard InChI is InChI=1S/C27H28Cl2N2O4S/c1-3-27(4-2)17-24(21-12-8-9-13-25(21)35-27)30-26(32)18-31(19-14-15-22(28)23(29)16-19)36(33,34)20-10-6-5-7-11-20/h5-16,24H,3-4,17-18H2,1-2H3,(H,30,32)/t24-/m0/s1. The second-order valence-corrected chi connectivity index (χ2v) is 11.5. The number of amides is 1. The van der Waals surface area contributed by atoms with Gasteiger partial charge in [0.25, 0.3) is 10.0 Å². The molecule has 1 N–H and O–H groups in total. The molecule has 0 radical (unpaired) electrons. The van der Waals surface area contributed by atoms with Gasteiger partial charge in [0.2, 0.25) is 5.91 Å². The van der Waals surface area contributed by atoms with Gasteiger partial charge >= 0.3 is 0 Å². The van der Waals surface area contributed by atoms with E-state index >= 15 is 0 Å². The van der Waals surface area contributed by atoms with E-state index in [9.17, 15) is 13.2 Å². The van der Waals surface area contributed by atoms with Gasteiger partial charge in [-0.05, 0) is 49.2 Å². The Kier molecular flexibility index (Phi) is 7.83. The molecular formula is C27H28Cl2N2O4S. The number of ether oxygens (including phenoxy) is 1. The van der Waals surface area contributed by atoms with Crippen LogP contribution in [0, 0.1) is 0 Å². The molecule has 6 nitrogen and oxygen atoms in total. The molecule has 190 valence electrons. The van der Waals surface area contributed by atoms with Crippen molar-refractivity contribution in [3.8, 4) is 5.75 Å². The average molecular weight is 548 g/mol. The predicted octanol–water partition coefficient (Wildman–Crippen LogP) is 6.39. The fourth-order valence-electron chi connectivity index (χ4n) is 4.48. The predicted molar refractivity (Wildman–Crippen MR) is 143 cm³/mol. The third kappa shape index (κ3) is 5.33. The highest BCUT2D eigenvalue weighted by molar-refractivity contribution is 7.92. The number of anilines is 1. The lowest BCUT2D eigenvalue weighted by Crippen LogP contribution is -2.47. The van der Waals surface area contributed by atoms with Crippen molar-refractivity contribution in [1.29, 1.82) is 0 Å². The Morgan fingerprint density at radius 2 is 1.67 bits per heavy atom. The van der Waals surface area contributed by atoms with Crippen molar-refractivity contribution >= 4 is 44.8 Å². The zero-order valence-corrected chi connectivity index (χ0v) is 22.4. The van der Waals surface area contributed by atoms with Gasteiger partial charge < -0.3 is 10.1 Å². The Morgan fingerprint density at radius 1 is 1.00 bits per heavy atom. The van der Waals surface area contributed by atoms with Gasteiger partial charge in [-0.25, -0.2) is 8.42 Å². The third-order valence-corrected chi connectivity index (χ3v) is 9.16. The SMILES string of the molecule is CCC1(CC)C[C@H](NC(=O)CN(c2ccc(Cl)c(Cl)c2)S(=O)(=O)c2ccccc2)c2ccccc2O1. The number of carbonyl (C=O) groups is 1. The van der Waals surface area contributed by atoms with Gasteiger partial charge in [-0.2, -0.15) is 0 Å². The number of hydrogen-bond donors (Lipinski definition) is 1. The van der Waals surface area contributed by atoms with E-state index in [1.165, 1.54) is 30.3 Å². The molecule has 0 bridgehead atoms. The van der Waals surface area contributed by atoms with Crippen LogP contribution in [-0.4, -0.2) is 26.5 Å². The monoisotopic (exact) mass is 546 g/mol. The first-order valence-electron chi connectivity index (χ1n) is 11.8. The minimum atomic E-state index is -4.07. The van der Waals surface area contributed by atoms with Crippen molar-refractivity contribution in [1.82, 2.24) is 5.32 Å². The smallest absolute Gasteiger partial charge is 0.264 e. The van der Waals surface area contributed by atoms with E-state index in [0.717, 1.165) is 28.5 Å². The summed E-state index contributed by atoms with van der Waals surface area (Å²) in [7, 11) is -4.07. The third-order valence-electron chi connectivity index (χ3n) is 6.63. The summed E-state index contributed by atoms with van der Waals surface area (Å²) in [6, 6.07) is 19.8. The Hall–Kier alpha value is -2.74. The number of para-hydroxylation sites is 1. The molecule has 3 aromatic carbocycles. The van der Waals surface area contributed by atoms with E-state index in [2.05, 4.69) is 19.2 Å². The number of carbonyl (C=O) groups excluding carboxylic acids is 1. The van der Waals surface area contributed by atoms with Crippen LogP contribution in [0.3, 0.4) is 0 Å². The second kappa shape index (κ2) is 10.7. The van der Waals surface area contributed by atoms with E-state index in [4.69, 9.17) is 27.9 Å². The summed E-state index contributed by atoms with van der Waals surface area (Å²) in [6.07, 6.45) is 2.14. The first-order chi connectivity index (χ1) is 17.2. The second-order valence-electron chi connectivity index (χ2n) is 8.78. The first kappa shape index (κ1) is 26.3. The number of sulfonamides is 1. The van der Waals surface area contributed by atoms with Crippen LogP contribution in [0.1, 0.15) is 44.7 Å². The highest BCUT2D eigenvalue weighted by atomic mass is 35.5. The van der Waals surface area contributed by atoms with Crippen molar-refractivity contribution in [2.24, 2.45) is 0 Å². The molecule has 1 amide bonds. The van der Waals surface area contributed by atoms with E-state index in [0.29, 0.717) is 6.42 Å². The van der Waals surface area contributed by atoms with Gasteiger partial charge in [0, 0.05) is 12.0 Å². The van der Waals surface area contributed by atoms with Crippen LogP contribution < -0.4 is 14.4 Å². The molecule has 4 rings (SSSR count). The van der Waals surface area contributed by atoms with Gasteiger partial charge in [0.1, 0.15) is 17.9 Å². The van der Waals surface area contributed by atoms with Gasteiger partial charge in [-0.15, -0.1) is 0 Å². The molecule has 0 aliphatic carbocycles. The van der Waals surface area contributed by atoms with E-state index in [1.54, 1.807) is 18.2 Å². The molecule has 1 atom stereocenters. The average Bonchev–Trinajstić information content (AvgIpc) is 2.89. The van der Waals surface area contributed by atoms with Crippen molar-refractivity contribution in [2.45, 2.75) is 49.6 Å². The lowest BCUT2D eigenvalue weighted by molar-refractivity contribution is -0.121. The van der Waals surface area contributed by atoms with Gasteiger partial charge in [0.15, 0.2) is 0 Å². The largest absolute Gasteiger partial charge is 0.487 e. The highest BCUT2D eigenvalue weighted by Gasteiger charge is 2.39.